The molecule has 19 heavy (non-hydrogen) atoms. The number of phosphoric ester groups is 1. The van der Waals surface area contributed by atoms with Crippen molar-refractivity contribution in [3.05, 3.63) is 42.0 Å². The van der Waals surface area contributed by atoms with Crippen LogP contribution in [0.4, 0.5) is 0 Å². The molecule has 0 radical (unpaired) electrons. The van der Waals surface area contributed by atoms with E-state index in [9.17, 15) is 4.57 Å². The number of benzene rings is 1. The second-order valence-electron chi connectivity index (χ2n) is 3.42. The number of hydrogen-bond acceptors (Lipinski definition) is 4. The molecule has 0 fully saturated rings. The first-order valence-electron chi connectivity index (χ1n) is 5.95. The topological polar surface area (TPSA) is 44.8 Å². The number of terminal acetylenes is 1. The SMILES string of the molecule is C#C/C=C(\OP(=O)(OCC)OCC)c1ccccc1. The smallest absolute Gasteiger partial charge is 0.403 e. The van der Waals surface area contributed by atoms with Gasteiger partial charge in [-0.05, 0) is 13.8 Å². The number of rotatable bonds is 7. The summed E-state index contributed by atoms with van der Waals surface area (Å²) in [7, 11) is -3.63. The predicted molar refractivity (Wildman–Crippen MR) is 75.2 cm³/mol. The van der Waals surface area contributed by atoms with Gasteiger partial charge in [-0.25, -0.2) is 4.57 Å². The lowest BCUT2D eigenvalue weighted by molar-refractivity contribution is 0.159. The lowest BCUT2D eigenvalue weighted by Gasteiger charge is -2.18. The van der Waals surface area contributed by atoms with Gasteiger partial charge in [-0.1, -0.05) is 36.3 Å². The molecule has 0 saturated carbocycles. The zero-order valence-electron chi connectivity index (χ0n) is 11.0. The molecule has 0 heterocycles. The summed E-state index contributed by atoms with van der Waals surface area (Å²) >= 11 is 0. The molecule has 1 rings (SSSR count). The van der Waals surface area contributed by atoms with Gasteiger partial charge in [0.2, 0.25) is 0 Å². The van der Waals surface area contributed by atoms with E-state index in [1.165, 1.54) is 6.08 Å². The van der Waals surface area contributed by atoms with Crippen LogP contribution in [0.5, 0.6) is 0 Å². The van der Waals surface area contributed by atoms with E-state index in [1.807, 2.05) is 18.2 Å². The van der Waals surface area contributed by atoms with E-state index >= 15 is 0 Å². The van der Waals surface area contributed by atoms with Crippen molar-refractivity contribution in [1.82, 2.24) is 0 Å². The summed E-state index contributed by atoms with van der Waals surface area (Å²) in [5.41, 5.74) is 0.708. The van der Waals surface area contributed by atoms with Crippen LogP contribution in [0.1, 0.15) is 19.4 Å². The van der Waals surface area contributed by atoms with Gasteiger partial charge >= 0.3 is 7.82 Å². The van der Waals surface area contributed by atoms with Crippen molar-refractivity contribution in [1.29, 1.82) is 0 Å². The van der Waals surface area contributed by atoms with Crippen LogP contribution in [-0.2, 0) is 18.1 Å². The number of allylic oxidation sites excluding steroid dienone is 1. The van der Waals surface area contributed by atoms with E-state index < -0.39 is 7.82 Å². The molecular weight excluding hydrogens is 263 g/mol. The molecule has 0 aromatic heterocycles. The highest BCUT2D eigenvalue weighted by Crippen LogP contribution is 2.52. The summed E-state index contributed by atoms with van der Waals surface area (Å²) < 4.78 is 27.8. The summed E-state index contributed by atoms with van der Waals surface area (Å²) in [4.78, 5) is 0. The quantitative estimate of drug-likeness (QED) is 0.432. The van der Waals surface area contributed by atoms with Crippen LogP contribution in [0.25, 0.3) is 5.76 Å². The standard InChI is InChI=1S/C14H17O4P/c1-4-10-14(13-11-8-7-9-12-13)18-19(15,16-5-2)17-6-3/h1,7-12H,5-6H2,2-3H3/b14-10-. The molecule has 0 aliphatic heterocycles. The van der Waals surface area contributed by atoms with Gasteiger partial charge in [0.1, 0.15) is 5.76 Å². The van der Waals surface area contributed by atoms with Crippen molar-refractivity contribution in [2.75, 3.05) is 13.2 Å². The van der Waals surface area contributed by atoms with Gasteiger partial charge in [0.05, 0.1) is 13.2 Å². The van der Waals surface area contributed by atoms with Crippen LogP contribution >= 0.6 is 7.82 Å². The van der Waals surface area contributed by atoms with Crippen LogP contribution < -0.4 is 0 Å². The van der Waals surface area contributed by atoms with Crippen molar-refractivity contribution in [2.24, 2.45) is 0 Å². The zero-order chi connectivity index (χ0) is 14.1. The molecule has 1 aromatic rings. The van der Waals surface area contributed by atoms with Crippen molar-refractivity contribution < 1.29 is 18.1 Å². The highest BCUT2D eigenvalue weighted by atomic mass is 31.2. The fourth-order valence-electron chi connectivity index (χ4n) is 1.37. The second kappa shape index (κ2) is 7.81. The summed E-state index contributed by atoms with van der Waals surface area (Å²) in [5, 5.41) is 0. The molecule has 0 spiro atoms. The maximum absolute atomic E-state index is 12.3. The van der Waals surface area contributed by atoms with Crippen LogP contribution in [0.3, 0.4) is 0 Å². The molecule has 4 nitrogen and oxygen atoms in total. The minimum Gasteiger partial charge on any atom is -0.403 e. The third kappa shape index (κ3) is 4.92. The Morgan fingerprint density at radius 2 is 1.84 bits per heavy atom. The lowest BCUT2D eigenvalue weighted by atomic mass is 10.2. The molecule has 102 valence electrons. The molecular formula is C14H17O4P. The monoisotopic (exact) mass is 280 g/mol. The van der Waals surface area contributed by atoms with E-state index in [4.69, 9.17) is 20.0 Å². The highest BCUT2D eigenvalue weighted by Gasteiger charge is 2.28. The average molecular weight is 280 g/mol. The van der Waals surface area contributed by atoms with E-state index in [-0.39, 0.29) is 19.0 Å². The van der Waals surface area contributed by atoms with Gasteiger partial charge in [0.25, 0.3) is 0 Å². The van der Waals surface area contributed by atoms with Gasteiger partial charge in [0.15, 0.2) is 0 Å². The van der Waals surface area contributed by atoms with Crippen molar-refractivity contribution >= 4 is 13.6 Å². The maximum atomic E-state index is 12.3. The first-order valence-corrected chi connectivity index (χ1v) is 7.41. The molecule has 0 unspecified atom stereocenters. The minimum absolute atomic E-state index is 0.218. The predicted octanol–water partition coefficient (Wildman–Crippen LogP) is 3.86. The van der Waals surface area contributed by atoms with Crippen LogP contribution in [0.2, 0.25) is 0 Å². The molecule has 0 amide bonds. The van der Waals surface area contributed by atoms with Gasteiger partial charge < -0.3 is 4.52 Å². The third-order valence-electron chi connectivity index (χ3n) is 2.06. The normalized spacial score (nSPS) is 11.9. The Hall–Kier alpha value is -1.53. The van der Waals surface area contributed by atoms with Gasteiger partial charge in [-0.3, -0.25) is 9.05 Å². The molecule has 0 bridgehead atoms. The second-order valence-corrected chi connectivity index (χ2v) is 5.01. The first-order chi connectivity index (χ1) is 9.15. The first kappa shape index (κ1) is 15.5. The molecule has 0 N–H and O–H groups in total. The zero-order valence-corrected chi connectivity index (χ0v) is 11.9. The van der Waals surface area contributed by atoms with Gasteiger partial charge in [-0.15, -0.1) is 6.42 Å². The Morgan fingerprint density at radius 3 is 2.32 bits per heavy atom. The molecule has 0 atom stereocenters. The summed E-state index contributed by atoms with van der Waals surface area (Å²) in [6, 6.07) is 9.11. The molecule has 1 aromatic carbocycles. The molecule has 5 heteroatoms. The van der Waals surface area contributed by atoms with E-state index in [1.54, 1.807) is 26.0 Å². The summed E-state index contributed by atoms with van der Waals surface area (Å²) in [6.07, 6.45) is 6.64. The Labute approximate surface area is 114 Å². The van der Waals surface area contributed by atoms with Crippen molar-refractivity contribution in [3.63, 3.8) is 0 Å². The third-order valence-corrected chi connectivity index (χ3v) is 3.63. The van der Waals surface area contributed by atoms with E-state index in [0.29, 0.717) is 5.56 Å². The fraction of sp³-hybridized carbons (Fsp3) is 0.286. The van der Waals surface area contributed by atoms with Gasteiger partial charge in [-0.2, -0.15) is 0 Å². The highest BCUT2D eigenvalue weighted by molar-refractivity contribution is 7.48. The minimum atomic E-state index is -3.63. The Bertz CT molecular complexity index is 492. The van der Waals surface area contributed by atoms with E-state index in [2.05, 4.69) is 5.92 Å². The van der Waals surface area contributed by atoms with Crippen LogP contribution in [-0.4, -0.2) is 13.2 Å². The average Bonchev–Trinajstić information content (AvgIpc) is 2.40. The lowest BCUT2D eigenvalue weighted by Crippen LogP contribution is -2.00. The summed E-state index contributed by atoms with van der Waals surface area (Å²) in [6.45, 7) is 3.86. The maximum Gasteiger partial charge on any atom is 0.530 e. The fourth-order valence-corrected chi connectivity index (χ4v) is 2.58. The number of hydrogen-bond donors (Lipinski definition) is 0. The number of phosphoric acid groups is 1. The molecule has 0 aliphatic carbocycles. The Morgan fingerprint density at radius 1 is 1.26 bits per heavy atom. The Kier molecular flexibility index (Phi) is 6.38. The molecule has 0 aliphatic rings. The van der Waals surface area contributed by atoms with Crippen LogP contribution in [0, 0.1) is 12.3 Å². The Balaban J connectivity index is 3.00. The van der Waals surface area contributed by atoms with E-state index in [0.717, 1.165) is 0 Å². The summed E-state index contributed by atoms with van der Waals surface area (Å²) in [5.74, 6) is 2.64. The van der Waals surface area contributed by atoms with Crippen molar-refractivity contribution in [2.45, 2.75) is 13.8 Å². The molecule has 0 saturated heterocycles. The van der Waals surface area contributed by atoms with Crippen LogP contribution in [0.15, 0.2) is 36.4 Å². The van der Waals surface area contributed by atoms with Crippen molar-refractivity contribution in [3.8, 4) is 12.3 Å². The van der Waals surface area contributed by atoms with Gasteiger partial charge in [0, 0.05) is 11.6 Å². The largest absolute Gasteiger partial charge is 0.530 e.